The van der Waals surface area contributed by atoms with Gasteiger partial charge in [0.25, 0.3) is 0 Å². The van der Waals surface area contributed by atoms with Gasteiger partial charge in [-0.2, -0.15) is 13.2 Å². The summed E-state index contributed by atoms with van der Waals surface area (Å²) in [6, 6.07) is 6.86. The molecule has 0 aliphatic rings. The molecule has 2 aromatic heterocycles. The molecule has 2 heterocycles. The average molecular weight is 278 g/mol. The number of rotatable bonds is 2. The fourth-order valence-electron chi connectivity index (χ4n) is 1.98. The van der Waals surface area contributed by atoms with E-state index in [1.807, 2.05) is 0 Å². The van der Waals surface area contributed by atoms with Gasteiger partial charge in [0, 0.05) is 23.5 Å². The molecule has 0 saturated carbocycles. The van der Waals surface area contributed by atoms with Crippen LogP contribution in [0, 0.1) is 0 Å². The minimum absolute atomic E-state index is 0.347. The Labute approximate surface area is 112 Å². The van der Waals surface area contributed by atoms with Crippen molar-refractivity contribution in [3.63, 3.8) is 0 Å². The first-order valence-corrected chi connectivity index (χ1v) is 5.80. The summed E-state index contributed by atoms with van der Waals surface area (Å²) in [5, 5.41) is 0. The fourth-order valence-corrected chi connectivity index (χ4v) is 1.98. The Bertz CT molecular complexity index is 701. The van der Waals surface area contributed by atoms with Crippen LogP contribution < -0.4 is 0 Å². The van der Waals surface area contributed by atoms with E-state index in [2.05, 4.69) is 9.97 Å². The summed E-state index contributed by atoms with van der Waals surface area (Å²) in [6.45, 7) is 0. The average Bonchev–Trinajstić information content (AvgIpc) is 3.10. The van der Waals surface area contributed by atoms with E-state index >= 15 is 0 Å². The topological polar surface area (TPSA) is 41.8 Å². The van der Waals surface area contributed by atoms with Gasteiger partial charge in [0.1, 0.15) is 11.6 Å². The van der Waals surface area contributed by atoms with E-state index in [1.165, 1.54) is 18.5 Å². The second kappa shape index (κ2) is 4.56. The van der Waals surface area contributed by atoms with Crippen LogP contribution in [0.25, 0.3) is 22.7 Å². The second-order valence-electron chi connectivity index (χ2n) is 4.17. The number of alkyl halides is 3. The molecule has 1 N–H and O–H groups in total. The molecule has 0 bridgehead atoms. The van der Waals surface area contributed by atoms with E-state index in [9.17, 15) is 13.2 Å². The van der Waals surface area contributed by atoms with Crippen LogP contribution in [-0.4, -0.2) is 9.97 Å². The normalized spacial score (nSPS) is 11.8. The standard InChI is InChI=1S/C14H9F3N2O/c15-14(16,17)9-3-4-10(12-2-1-7-20-12)11(8-9)13-18-5-6-19-13/h1-8H,(H,18,19). The zero-order chi connectivity index (χ0) is 14.2. The summed E-state index contributed by atoms with van der Waals surface area (Å²) >= 11 is 0. The molecule has 20 heavy (non-hydrogen) atoms. The third kappa shape index (κ3) is 2.20. The lowest BCUT2D eigenvalue weighted by atomic mass is 10.0. The molecule has 0 radical (unpaired) electrons. The van der Waals surface area contributed by atoms with Crippen molar-refractivity contribution in [2.45, 2.75) is 6.18 Å². The van der Waals surface area contributed by atoms with E-state index < -0.39 is 11.7 Å². The smallest absolute Gasteiger partial charge is 0.416 e. The van der Waals surface area contributed by atoms with Gasteiger partial charge in [0.2, 0.25) is 0 Å². The molecule has 0 atom stereocenters. The predicted molar refractivity (Wildman–Crippen MR) is 66.7 cm³/mol. The van der Waals surface area contributed by atoms with E-state index in [1.54, 1.807) is 18.3 Å². The number of aromatic amines is 1. The number of imidazole rings is 1. The van der Waals surface area contributed by atoms with Gasteiger partial charge in [-0.3, -0.25) is 0 Å². The highest BCUT2D eigenvalue weighted by molar-refractivity contribution is 5.78. The lowest BCUT2D eigenvalue weighted by Gasteiger charge is -2.11. The molecule has 0 fully saturated rings. The zero-order valence-corrected chi connectivity index (χ0v) is 10.1. The monoisotopic (exact) mass is 278 g/mol. The molecule has 3 aromatic rings. The number of hydrogen-bond donors (Lipinski definition) is 1. The molecular weight excluding hydrogens is 269 g/mol. The number of halogens is 3. The van der Waals surface area contributed by atoms with Gasteiger partial charge in [0.15, 0.2) is 0 Å². The molecular formula is C14H9F3N2O. The fraction of sp³-hybridized carbons (Fsp3) is 0.0714. The van der Waals surface area contributed by atoms with Crippen molar-refractivity contribution >= 4 is 0 Å². The van der Waals surface area contributed by atoms with Crippen LogP contribution in [-0.2, 0) is 6.18 Å². The van der Waals surface area contributed by atoms with Gasteiger partial charge in [-0.15, -0.1) is 0 Å². The molecule has 102 valence electrons. The lowest BCUT2D eigenvalue weighted by Crippen LogP contribution is -2.05. The summed E-state index contributed by atoms with van der Waals surface area (Å²) in [5.74, 6) is 0.854. The minimum atomic E-state index is -4.40. The summed E-state index contributed by atoms with van der Waals surface area (Å²) < 4.78 is 43.7. The van der Waals surface area contributed by atoms with E-state index in [0.29, 0.717) is 22.7 Å². The Hall–Kier alpha value is -2.50. The Morgan fingerprint density at radius 2 is 1.95 bits per heavy atom. The maximum atomic E-state index is 12.8. The Kier molecular flexibility index (Phi) is 2.85. The number of H-pyrrole nitrogens is 1. The molecule has 0 aliphatic heterocycles. The largest absolute Gasteiger partial charge is 0.464 e. The number of nitrogens with zero attached hydrogens (tertiary/aromatic N) is 1. The van der Waals surface area contributed by atoms with Crippen LogP contribution in [0.1, 0.15) is 5.56 Å². The Morgan fingerprint density at radius 1 is 1.10 bits per heavy atom. The molecule has 3 rings (SSSR count). The molecule has 0 spiro atoms. The van der Waals surface area contributed by atoms with Crippen LogP contribution >= 0.6 is 0 Å². The summed E-state index contributed by atoms with van der Waals surface area (Å²) in [7, 11) is 0. The van der Waals surface area contributed by atoms with Gasteiger partial charge in [-0.1, -0.05) is 0 Å². The molecule has 6 heteroatoms. The van der Waals surface area contributed by atoms with Crippen molar-refractivity contribution in [2.75, 3.05) is 0 Å². The number of nitrogens with one attached hydrogen (secondary N) is 1. The molecule has 0 aliphatic carbocycles. The van der Waals surface area contributed by atoms with Crippen molar-refractivity contribution in [1.29, 1.82) is 0 Å². The van der Waals surface area contributed by atoms with Gasteiger partial charge in [-0.25, -0.2) is 4.98 Å². The quantitative estimate of drug-likeness (QED) is 0.757. The van der Waals surface area contributed by atoms with Gasteiger partial charge < -0.3 is 9.40 Å². The van der Waals surface area contributed by atoms with Crippen LogP contribution in [0.5, 0.6) is 0 Å². The molecule has 1 aromatic carbocycles. The number of hydrogen-bond acceptors (Lipinski definition) is 2. The summed E-state index contributed by atoms with van der Waals surface area (Å²) in [5.41, 5.74) is 0.178. The Morgan fingerprint density at radius 3 is 2.55 bits per heavy atom. The molecule has 3 nitrogen and oxygen atoms in total. The molecule has 0 saturated heterocycles. The maximum absolute atomic E-state index is 12.8. The third-order valence-electron chi connectivity index (χ3n) is 2.89. The van der Waals surface area contributed by atoms with Crippen molar-refractivity contribution in [1.82, 2.24) is 9.97 Å². The zero-order valence-electron chi connectivity index (χ0n) is 10.1. The first-order valence-electron chi connectivity index (χ1n) is 5.80. The van der Waals surface area contributed by atoms with Crippen molar-refractivity contribution in [3.8, 4) is 22.7 Å². The highest BCUT2D eigenvalue weighted by Crippen LogP contribution is 2.36. The second-order valence-corrected chi connectivity index (χ2v) is 4.17. The third-order valence-corrected chi connectivity index (χ3v) is 2.89. The summed E-state index contributed by atoms with van der Waals surface area (Å²) in [6.07, 6.45) is 0.116. The highest BCUT2D eigenvalue weighted by Gasteiger charge is 2.31. The first kappa shape index (κ1) is 12.5. The van der Waals surface area contributed by atoms with Gasteiger partial charge in [0.05, 0.1) is 11.8 Å². The number of furan rings is 1. The number of aromatic nitrogens is 2. The SMILES string of the molecule is FC(F)(F)c1ccc(-c2ccco2)c(-c2ncc[nH]2)c1. The summed E-state index contributed by atoms with van der Waals surface area (Å²) in [4.78, 5) is 6.83. The van der Waals surface area contributed by atoms with Crippen molar-refractivity contribution in [2.24, 2.45) is 0 Å². The highest BCUT2D eigenvalue weighted by atomic mass is 19.4. The van der Waals surface area contributed by atoms with Crippen LogP contribution in [0.3, 0.4) is 0 Å². The van der Waals surface area contributed by atoms with Gasteiger partial charge >= 0.3 is 6.18 Å². The van der Waals surface area contributed by atoms with E-state index in [4.69, 9.17) is 4.42 Å². The van der Waals surface area contributed by atoms with Crippen molar-refractivity contribution in [3.05, 3.63) is 54.6 Å². The molecule has 0 unspecified atom stereocenters. The minimum Gasteiger partial charge on any atom is -0.464 e. The van der Waals surface area contributed by atoms with Crippen LogP contribution in [0.15, 0.2) is 53.4 Å². The van der Waals surface area contributed by atoms with Gasteiger partial charge in [-0.05, 0) is 30.3 Å². The Balaban J connectivity index is 2.21. The van der Waals surface area contributed by atoms with Crippen LogP contribution in [0.4, 0.5) is 13.2 Å². The van der Waals surface area contributed by atoms with E-state index in [-0.39, 0.29) is 0 Å². The lowest BCUT2D eigenvalue weighted by molar-refractivity contribution is -0.137. The van der Waals surface area contributed by atoms with Crippen molar-refractivity contribution < 1.29 is 17.6 Å². The van der Waals surface area contributed by atoms with Crippen LogP contribution in [0.2, 0.25) is 0 Å². The molecule has 0 amide bonds. The first-order chi connectivity index (χ1) is 9.55. The number of benzene rings is 1. The predicted octanol–water partition coefficient (Wildman–Crippen LogP) is 4.36. The maximum Gasteiger partial charge on any atom is 0.416 e. The van der Waals surface area contributed by atoms with E-state index in [0.717, 1.165) is 12.1 Å².